The number of H-pyrrole nitrogens is 1. The maximum Gasteiger partial charge on any atom is 0.280 e. The number of amidine groups is 2. The van der Waals surface area contributed by atoms with Crippen LogP contribution in [0.15, 0.2) is 16.4 Å². The molecule has 6 nitrogen and oxygen atoms in total. The lowest BCUT2D eigenvalue weighted by Gasteiger charge is -2.03. The van der Waals surface area contributed by atoms with E-state index in [2.05, 4.69) is 25.6 Å². The van der Waals surface area contributed by atoms with Gasteiger partial charge >= 0.3 is 0 Å². The van der Waals surface area contributed by atoms with Gasteiger partial charge in [0.25, 0.3) is 5.84 Å². The lowest BCUT2D eigenvalue weighted by molar-refractivity contribution is -0.671. The van der Waals surface area contributed by atoms with Crippen LogP contribution in [0, 0.1) is 0 Å². The van der Waals surface area contributed by atoms with Crippen LogP contribution >= 0.6 is 0 Å². The summed E-state index contributed by atoms with van der Waals surface area (Å²) >= 11 is 0. The van der Waals surface area contributed by atoms with Gasteiger partial charge in [0.05, 0.1) is 13.2 Å². The number of rotatable bonds is 1. The van der Waals surface area contributed by atoms with Gasteiger partial charge in [-0.15, -0.1) is 5.10 Å². The van der Waals surface area contributed by atoms with E-state index in [1.807, 2.05) is 14.0 Å². The van der Waals surface area contributed by atoms with Gasteiger partial charge < -0.3 is 0 Å². The number of aromatic nitrogens is 3. The Hall–Kier alpha value is -1.56. The number of nitrogens with zero attached hydrogens (tertiary/aromatic N) is 4. The van der Waals surface area contributed by atoms with Crippen LogP contribution in [0.25, 0.3) is 0 Å². The van der Waals surface area contributed by atoms with Crippen molar-refractivity contribution < 1.29 is 4.90 Å². The third kappa shape index (κ3) is 0.928. The van der Waals surface area contributed by atoms with Gasteiger partial charge in [0.2, 0.25) is 5.84 Å². The van der Waals surface area contributed by atoms with E-state index in [1.165, 1.54) is 0 Å². The van der Waals surface area contributed by atoms with Crippen LogP contribution in [0.4, 0.5) is 0 Å². The molecule has 0 saturated heterocycles. The monoisotopic (exact) mass is 165 g/mol. The van der Waals surface area contributed by atoms with Crippen molar-refractivity contribution in [1.82, 2.24) is 15.4 Å². The van der Waals surface area contributed by atoms with Crippen molar-refractivity contribution >= 4 is 11.7 Å². The zero-order chi connectivity index (χ0) is 8.55. The molecule has 1 aliphatic rings. The largest absolute Gasteiger partial charge is 0.280 e. The summed E-state index contributed by atoms with van der Waals surface area (Å²) in [6.45, 7) is 1.92. The molecule has 2 N–H and O–H groups in total. The van der Waals surface area contributed by atoms with Crippen LogP contribution in [0.2, 0.25) is 0 Å². The summed E-state index contributed by atoms with van der Waals surface area (Å²) in [5.41, 5.74) is 0.744. The molecule has 12 heavy (non-hydrogen) atoms. The smallest absolute Gasteiger partial charge is 0.239 e. The van der Waals surface area contributed by atoms with Crippen LogP contribution in [0.3, 0.4) is 0 Å². The van der Waals surface area contributed by atoms with Crippen molar-refractivity contribution in [1.29, 1.82) is 0 Å². The summed E-state index contributed by atoms with van der Waals surface area (Å²) in [6, 6.07) is 0. The van der Waals surface area contributed by atoms with Gasteiger partial charge in [-0.1, -0.05) is 10.2 Å². The van der Waals surface area contributed by atoms with Gasteiger partial charge in [0.15, 0.2) is 5.69 Å². The predicted molar refractivity (Wildman–Crippen MR) is 42.9 cm³/mol. The highest BCUT2D eigenvalue weighted by molar-refractivity contribution is 5.98. The highest BCUT2D eigenvalue weighted by atomic mass is 15.4. The molecule has 1 aromatic rings. The Kier molecular flexibility index (Phi) is 1.47. The summed E-state index contributed by atoms with van der Waals surface area (Å²) in [6.07, 6.45) is 1.64. The number of hydrogen-bond donors (Lipinski definition) is 2. The van der Waals surface area contributed by atoms with E-state index >= 15 is 0 Å². The molecule has 2 rings (SSSR count). The zero-order valence-electron chi connectivity index (χ0n) is 6.87. The summed E-state index contributed by atoms with van der Waals surface area (Å²) in [4.78, 5) is 1.06. The molecular formula is C6H9N6+. The first-order valence-corrected chi connectivity index (χ1v) is 3.61. The lowest BCUT2D eigenvalue weighted by Crippen LogP contribution is -3.13. The first kappa shape index (κ1) is 7.11. The minimum atomic E-state index is 0.744. The van der Waals surface area contributed by atoms with E-state index in [4.69, 9.17) is 0 Å². The molecule has 1 atom stereocenters. The summed E-state index contributed by atoms with van der Waals surface area (Å²) in [5.74, 6) is 1.74. The van der Waals surface area contributed by atoms with E-state index in [9.17, 15) is 0 Å². The number of hydrogen-bond acceptors (Lipinski definition) is 4. The molecule has 0 amide bonds. The minimum Gasteiger partial charge on any atom is -0.239 e. The Morgan fingerprint density at radius 2 is 2.25 bits per heavy atom. The van der Waals surface area contributed by atoms with Gasteiger partial charge in [-0.2, -0.15) is 10.3 Å². The third-order valence-corrected chi connectivity index (χ3v) is 1.86. The molecule has 0 bridgehead atoms. The molecule has 1 unspecified atom stereocenters. The molecule has 0 aromatic carbocycles. The van der Waals surface area contributed by atoms with Crippen molar-refractivity contribution in [3.63, 3.8) is 0 Å². The molecular weight excluding hydrogens is 156 g/mol. The van der Waals surface area contributed by atoms with Crippen LogP contribution in [-0.2, 0) is 0 Å². The number of quaternary nitrogens is 1. The highest BCUT2D eigenvalue weighted by Gasteiger charge is 2.25. The molecule has 6 heteroatoms. The Morgan fingerprint density at radius 1 is 1.42 bits per heavy atom. The summed E-state index contributed by atoms with van der Waals surface area (Å²) < 4.78 is 0. The fourth-order valence-corrected chi connectivity index (χ4v) is 1.01. The Balaban J connectivity index is 2.31. The quantitative estimate of drug-likeness (QED) is 0.527. The standard InChI is InChI=1S/C6H8N6/c1-4-8-10-6(12(4)2)5-3-7-11-9-5/h3H,1-2H3,(H,7,9,11)/p+1. The minimum absolute atomic E-state index is 0.744. The van der Waals surface area contributed by atoms with E-state index in [0.717, 1.165) is 22.3 Å². The van der Waals surface area contributed by atoms with E-state index in [1.54, 1.807) is 6.20 Å². The van der Waals surface area contributed by atoms with E-state index < -0.39 is 0 Å². The molecule has 62 valence electrons. The second-order valence-corrected chi connectivity index (χ2v) is 2.61. The van der Waals surface area contributed by atoms with Gasteiger partial charge in [0.1, 0.15) is 0 Å². The first-order chi connectivity index (χ1) is 5.79. The normalized spacial score (nSPS) is 22.3. The molecule has 0 aliphatic carbocycles. The molecule has 2 heterocycles. The Bertz CT molecular complexity index is 335. The highest BCUT2D eigenvalue weighted by Crippen LogP contribution is 1.92. The molecule has 0 radical (unpaired) electrons. The predicted octanol–water partition coefficient (Wildman–Crippen LogP) is -1.59. The Morgan fingerprint density at radius 3 is 2.75 bits per heavy atom. The summed E-state index contributed by atoms with van der Waals surface area (Å²) in [7, 11) is 1.97. The van der Waals surface area contributed by atoms with Gasteiger partial charge in [0, 0.05) is 6.92 Å². The average molecular weight is 165 g/mol. The van der Waals surface area contributed by atoms with Crippen molar-refractivity contribution in [2.45, 2.75) is 6.92 Å². The SMILES string of the molecule is CC1=NN=C(c2cn[nH]n2)[NH+]1C. The molecule has 0 spiro atoms. The lowest BCUT2D eigenvalue weighted by atomic mass is 10.4. The van der Waals surface area contributed by atoms with E-state index in [0.29, 0.717) is 0 Å². The van der Waals surface area contributed by atoms with Crippen molar-refractivity contribution in [2.24, 2.45) is 10.2 Å². The maximum atomic E-state index is 3.99. The van der Waals surface area contributed by atoms with E-state index in [-0.39, 0.29) is 0 Å². The summed E-state index contributed by atoms with van der Waals surface area (Å²) in [5, 5.41) is 18.1. The van der Waals surface area contributed by atoms with Crippen molar-refractivity contribution in [2.75, 3.05) is 7.05 Å². The van der Waals surface area contributed by atoms with Crippen LogP contribution in [-0.4, -0.2) is 34.1 Å². The number of aromatic amines is 1. The fourth-order valence-electron chi connectivity index (χ4n) is 1.01. The van der Waals surface area contributed by atoms with Gasteiger partial charge in [-0.05, 0) is 0 Å². The molecule has 1 aromatic heterocycles. The molecule has 0 saturated carbocycles. The topological polar surface area (TPSA) is 70.7 Å². The zero-order valence-corrected chi connectivity index (χ0v) is 6.87. The molecule has 1 aliphatic heterocycles. The number of nitrogens with one attached hydrogen (secondary N) is 2. The van der Waals surface area contributed by atoms with Gasteiger partial charge in [-0.25, -0.2) is 4.90 Å². The second-order valence-electron chi connectivity index (χ2n) is 2.61. The third-order valence-electron chi connectivity index (χ3n) is 1.86. The maximum absolute atomic E-state index is 3.99. The Labute approximate surface area is 69.0 Å². The first-order valence-electron chi connectivity index (χ1n) is 3.61. The fraction of sp³-hybridized carbons (Fsp3) is 0.333. The second kappa shape index (κ2) is 2.49. The van der Waals surface area contributed by atoms with Crippen LogP contribution in [0.5, 0.6) is 0 Å². The van der Waals surface area contributed by atoms with Crippen LogP contribution < -0.4 is 4.90 Å². The van der Waals surface area contributed by atoms with Crippen molar-refractivity contribution in [3.05, 3.63) is 11.9 Å². The van der Waals surface area contributed by atoms with Gasteiger partial charge in [-0.3, -0.25) is 0 Å². The molecule has 0 fully saturated rings. The van der Waals surface area contributed by atoms with Crippen molar-refractivity contribution in [3.8, 4) is 0 Å². The average Bonchev–Trinajstić information content (AvgIpc) is 2.64. The van der Waals surface area contributed by atoms with Crippen LogP contribution in [0.1, 0.15) is 12.6 Å².